The largest absolute Gasteiger partial charge is 0.309 e. The second-order valence-corrected chi connectivity index (χ2v) is 6.22. The lowest BCUT2D eigenvalue weighted by atomic mass is 9.93. The van der Waals surface area contributed by atoms with E-state index in [2.05, 4.69) is 36.5 Å². The monoisotopic (exact) mass is 253 g/mol. The molecule has 2 rings (SSSR count). The van der Waals surface area contributed by atoms with Crippen molar-refractivity contribution in [3.05, 3.63) is 11.1 Å². The van der Waals surface area contributed by atoms with Gasteiger partial charge in [0.1, 0.15) is 0 Å². The first-order chi connectivity index (χ1) is 7.93. The zero-order valence-corrected chi connectivity index (χ0v) is 11.6. The lowest BCUT2D eigenvalue weighted by Crippen LogP contribution is -2.36. The van der Waals surface area contributed by atoms with E-state index in [1.54, 1.807) is 16.2 Å². The first-order valence-corrected chi connectivity index (χ1v) is 6.76. The molecule has 0 radical (unpaired) electrons. The molecule has 1 N–H and O–H groups in total. The van der Waals surface area contributed by atoms with E-state index >= 15 is 0 Å². The summed E-state index contributed by atoms with van der Waals surface area (Å²) >= 11 is 1.56. The fourth-order valence-corrected chi connectivity index (χ4v) is 2.95. The van der Waals surface area contributed by atoms with Crippen molar-refractivity contribution in [3.63, 3.8) is 0 Å². The molecule has 0 aliphatic carbocycles. The molecule has 4 nitrogen and oxygen atoms in total. The van der Waals surface area contributed by atoms with Crippen LogP contribution in [0.2, 0.25) is 0 Å². The number of hydrogen-bond acceptors (Lipinski definition) is 4. The van der Waals surface area contributed by atoms with Crippen LogP contribution in [0.25, 0.3) is 0 Å². The molecule has 17 heavy (non-hydrogen) atoms. The summed E-state index contributed by atoms with van der Waals surface area (Å²) in [6, 6.07) is -0.0445. The van der Waals surface area contributed by atoms with Crippen LogP contribution in [0.5, 0.6) is 0 Å². The summed E-state index contributed by atoms with van der Waals surface area (Å²) in [5, 5.41) is 5.92. The highest BCUT2D eigenvalue weighted by molar-refractivity contribution is 7.14. The van der Waals surface area contributed by atoms with Gasteiger partial charge in [0.2, 0.25) is 5.91 Å². The van der Waals surface area contributed by atoms with E-state index in [-0.39, 0.29) is 17.4 Å². The summed E-state index contributed by atoms with van der Waals surface area (Å²) in [4.78, 5) is 18.4. The molecule has 2 heterocycles. The van der Waals surface area contributed by atoms with E-state index in [0.29, 0.717) is 0 Å². The van der Waals surface area contributed by atoms with E-state index in [4.69, 9.17) is 0 Å². The van der Waals surface area contributed by atoms with Crippen LogP contribution >= 0.6 is 11.3 Å². The van der Waals surface area contributed by atoms with Crippen LogP contribution in [-0.4, -0.2) is 30.5 Å². The van der Waals surface area contributed by atoms with E-state index < -0.39 is 0 Å². The second kappa shape index (κ2) is 4.38. The quantitative estimate of drug-likeness (QED) is 0.873. The fraction of sp³-hybridized carbons (Fsp3) is 0.667. The minimum absolute atomic E-state index is 0.0416. The van der Waals surface area contributed by atoms with Gasteiger partial charge in [-0.15, -0.1) is 11.3 Å². The van der Waals surface area contributed by atoms with Crippen LogP contribution in [0.1, 0.15) is 32.9 Å². The van der Waals surface area contributed by atoms with Crippen LogP contribution in [0.15, 0.2) is 5.38 Å². The second-order valence-electron chi connectivity index (χ2n) is 5.39. The zero-order valence-electron chi connectivity index (χ0n) is 10.8. The first kappa shape index (κ1) is 12.5. The van der Waals surface area contributed by atoms with Crippen molar-refractivity contribution in [1.29, 1.82) is 0 Å². The van der Waals surface area contributed by atoms with Gasteiger partial charge in [-0.1, -0.05) is 20.8 Å². The number of rotatable bonds is 2. The standard InChI is InChI=1S/C12H19N3OS/c1-12(2,3)9-7-17-11(14-9)15-6-5-8(13-4)10(15)16/h7-8,13H,5-6H2,1-4H3. The predicted octanol–water partition coefficient (Wildman–Crippen LogP) is 1.77. The van der Waals surface area contributed by atoms with Crippen LogP contribution in [0.4, 0.5) is 5.13 Å². The number of anilines is 1. The van der Waals surface area contributed by atoms with Gasteiger partial charge in [-0.05, 0) is 13.5 Å². The zero-order chi connectivity index (χ0) is 12.6. The molecule has 1 aliphatic heterocycles. The SMILES string of the molecule is CNC1CCN(c2nc(C(C)(C)C)cs2)C1=O. The van der Waals surface area contributed by atoms with Crippen molar-refractivity contribution in [1.82, 2.24) is 10.3 Å². The number of thiazole rings is 1. The summed E-state index contributed by atoms with van der Waals surface area (Å²) in [5.41, 5.74) is 1.10. The first-order valence-electron chi connectivity index (χ1n) is 5.88. The topological polar surface area (TPSA) is 45.2 Å². The molecule has 1 amide bonds. The number of amides is 1. The Hall–Kier alpha value is -0.940. The number of hydrogen-bond donors (Lipinski definition) is 1. The number of carbonyl (C=O) groups is 1. The molecule has 5 heteroatoms. The van der Waals surface area contributed by atoms with Crippen molar-refractivity contribution in [3.8, 4) is 0 Å². The highest BCUT2D eigenvalue weighted by atomic mass is 32.1. The molecule has 1 atom stereocenters. The van der Waals surface area contributed by atoms with Crippen molar-refractivity contribution < 1.29 is 4.79 Å². The van der Waals surface area contributed by atoms with Crippen LogP contribution in [0, 0.1) is 0 Å². The van der Waals surface area contributed by atoms with E-state index in [0.717, 1.165) is 23.8 Å². The molecule has 1 aromatic rings. The van der Waals surface area contributed by atoms with E-state index in [1.807, 2.05) is 7.05 Å². The van der Waals surface area contributed by atoms with Crippen molar-refractivity contribution in [2.24, 2.45) is 0 Å². The Labute approximate surface area is 106 Å². The molecule has 1 unspecified atom stereocenters. The molecular formula is C12H19N3OS. The normalized spacial score (nSPS) is 21.3. The third kappa shape index (κ3) is 2.35. The molecule has 0 spiro atoms. The minimum Gasteiger partial charge on any atom is -0.309 e. The minimum atomic E-state index is -0.0445. The number of nitrogens with one attached hydrogen (secondary N) is 1. The van der Waals surface area contributed by atoms with Crippen LogP contribution in [-0.2, 0) is 10.2 Å². The maximum Gasteiger partial charge on any atom is 0.245 e. The fourth-order valence-electron chi connectivity index (χ4n) is 1.87. The van der Waals surface area contributed by atoms with Gasteiger partial charge in [0.05, 0.1) is 11.7 Å². The summed E-state index contributed by atoms with van der Waals surface area (Å²) in [6.07, 6.45) is 0.861. The van der Waals surface area contributed by atoms with Gasteiger partial charge in [-0.3, -0.25) is 9.69 Å². The molecule has 0 aromatic carbocycles. The molecule has 0 bridgehead atoms. The molecule has 94 valence electrons. The molecule has 1 aromatic heterocycles. The highest BCUT2D eigenvalue weighted by Crippen LogP contribution is 2.30. The Morgan fingerprint density at radius 1 is 1.53 bits per heavy atom. The lowest BCUT2D eigenvalue weighted by Gasteiger charge is -2.16. The molecule has 1 saturated heterocycles. The average Bonchev–Trinajstić information content (AvgIpc) is 2.82. The maximum atomic E-state index is 12.0. The Kier molecular flexibility index (Phi) is 3.23. The third-order valence-electron chi connectivity index (χ3n) is 3.05. The summed E-state index contributed by atoms with van der Waals surface area (Å²) < 4.78 is 0. The van der Waals surface area contributed by atoms with Crippen molar-refractivity contribution in [2.45, 2.75) is 38.6 Å². The van der Waals surface area contributed by atoms with Gasteiger partial charge in [0.15, 0.2) is 5.13 Å². The highest BCUT2D eigenvalue weighted by Gasteiger charge is 2.33. The number of nitrogens with zero attached hydrogens (tertiary/aromatic N) is 2. The number of carbonyl (C=O) groups excluding carboxylic acids is 1. The Morgan fingerprint density at radius 3 is 2.71 bits per heavy atom. The van der Waals surface area contributed by atoms with Gasteiger partial charge in [-0.2, -0.15) is 0 Å². The Balaban J connectivity index is 2.19. The molecular weight excluding hydrogens is 234 g/mol. The van der Waals surface area contributed by atoms with Gasteiger partial charge in [0.25, 0.3) is 0 Å². The Morgan fingerprint density at radius 2 is 2.24 bits per heavy atom. The van der Waals surface area contributed by atoms with Crippen LogP contribution in [0.3, 0.4) is 0 Å². The average molecular weight is 253 g/mol. The molecule has 1 fully saturated rings. The smallest absolute Gasteiger partial charge is 0.245 e. The van der Waals surface area contributed by atoms with Gasteiger partial charge in [-0.25, -0.2) is 4.98 Å². The molecule has 1 aliphatic rings. The van der Waals surface area contributed by atoms with Gasteiger partial charge in [0, 0.05) is 17.3 Å². The van der Waals surface area contributed by atoms with E-state index in [1.165, 1.54) is 0 Å². The van der Waals surface area contributed by atoms with Gasteiger partial charge < -0.3 is 5.32 Å². The number of likely N-dealkylation sites (N-methyl/N-ethyl adjacent to an activating group) is 1. The van der Waals surface area contributed by atoms with Gasteiger partial charge >= 0.3 is 0 Å². The van der Waals surface area contributed by atoms with Crippen molar-refractivity contribution >= 4 is 22.4 Å². The summed E-state index contributed by atoms with van der Waals surface area (Å²) in [7, 11) is 1.83. The van der Waals surface area contributed by atoms with Crippen molar-refractivity contribution in [2.75, 3.05) is 18.5 Å². The maximum absolute atomic E-state index is 12.0. The number of aromatic nitrogens is 1. The lowest BCUT2D eigenvalue weighted by molar-refractivity contribution is -0.118. The van der Waals surface area contributed by atoms with E-state index in [9.17, 15) is 4.79 Å². The summed E-state index contributed by atoms with van der Waals surface area (Å²) in [6.45, 7) is 7.16. The molecule has 0 saturated carbocycles. The van der Waals surface area contributed by atoms with Crippen LogP contribution < -0.4 is 10.2 Å². The Bertz CT molecular complexity index is 422. The predicted molar refractivity (Wildman–Crippen MR) is 70.6 cm³/mol. The third-order valence-corrected chi connectivity index (χ3v) is 3.91. The summed E-state index contributed by atoms with van der Waals surface area (Å²) in [5.74, 6) is 0.141.